The Labute approximate surface area is 451 Å². The van der Waals surface area contributed by atoms with E-state index in [1.807, 2.05) is 0 Å². The zero-order chi connectivity index (χ0) is 58.2. The van der Waals surface area contributed by atoms with Gasteiger partial charge in [0.2, 0.25) is 0 Å². The van der Waals surface area contributed by atoms with Gasteiger partial charge in [0, 0.05) is 0 Å². The molecule has 0 aromatic rings. The van der Waals surface area contributed by atoms with Gasteiger partial charge >= 0.3 is 0 Å². The first kappa shape index (κ1) is 64.3. The van der Waals surface area contributed by atoms with Crippen LogP contribution in [-0.4, -0.2) is 376 Å². The highest BCUT2D eigenvalue weighted by Crippen LogP contribution is 2.39. The van der Waals surface area contributed by atoms with Gasteiger partial charge in [0.25, 0.3) is 0 Å². The maximum atomic E-state index is 11.7. The molecule has 0 aromatic heterocycles. The van der Waals surface area contributed by atoms with Crippen molar-refractivity contribution >= 4 is 6.29 Å². The molecule has 0 amide bonds. The van der Waals surface area contributed by atoms with Crippen molar-refractivity contribution in [3.63, 3.8) is 0 Å². The standard InChI is InChI=1S/C44H72O36/c45-1-2-66-37-29(65)36-16(9-52)73-44(37)80-35-15(8-51)72-42(28(64)22(35)58)78-33-13(6-49)70-40(26(62)20(33)56)76-31-11(4-47)68-38(24(60)18(31)54)74-30-10(3-46)67-39(23(59)17(30)53)75-32-12(5-48)69-41(25(61)19(32)55)77-34-14(7-50)71-43(79-36)27(63)21(34)57/h1,10-44,46-65H,2-9H2/t10-,11-,12-,13-,14-,15-,16-,17-,18-,19-,20-,21-,22-,23-,24-,25-,26-,27-,28-,29+,30-,31-,32-,33-,34-,35-,36-,37-,38-,39-,40-,41-,42-,43-,44-/m1/s1. The third-order valence-corrected chi connectivity index (χ3v) is 15.1. The summed E-state index contributed by atoms with van der Waals surface area (Å²) in [5.41, 5.74) is 0. The molecule has 15 rings (SSSR count). The van der Waals surface area contributed by atoms with Crippen molar-refractivity contribution in [2.45, 2.75) is 215 Å². The quantitative estimate of drug-likeness (QED) is 0.0903. The van der Waals surface area contributed by atoms with E-state index in [2.05, 4.69) is 0 Å². The Hall–Kier alpha value is -1.73. The van der Waals surface area contributed by atoms with E-state index in [1.54, 1.807) is 0 Å². The van der Waals surface area contributed by atoms with Crippen LogP contribution in [0.25, 0.3) is 0 Å². The van der Waals surface area contributed by atoms with Gasteiger partial charge in [0.05, 0.1) is 46.2 Å². The maximum absolute atomic E-state index is 11.7. The maximum Gasteiger partial charge on any atom is 0.187 e. The van der Waals surface area contributed by atoms with E-state index in [0.29, 0.717) is 0 Å². The molecule has 36 nitrogen and oxygen atoms in total. The first-order valence-corrected chi connectivity index (χ1v) is 25.5. The van der Waals surface area contributed by atoms with E-state index in [0.717, 1.165) is 0 Å². The third kappa shape index (κ3) is 12.7. The Kier molecular flexibility index (Phi) is 22.3. The van der Waals surface area contributed by atoms with E-state index in [1.165, 1.54) is 0 Å². The molecule has 36 heteroatoms. The fraction of sp³-hybridized carbons (Fsp3) is 0.977. The van der Waals surface area contributed by atoms with Gasteiger partial charge in [-0.1, -0.05) is 0 Å². The molecule has 15 fully saturated rings. The van der Waals surface area contributed by atoms with Gasteiger partial charge in [-0.25, -0.2) is 0 Å². The molecule has 14 bridgehead atoms. The average molecular weight is 1180 g/mol. The lowest BCUT2D eigenvalue weighted by molar-refractivity contribution is -0.398. The molecular formula is C44H72O36. The smallest absolute Gasteiger partial charge is 0.187 e. The molecule has 20 N–H and O–H groups in total. The van der Waals surface area contributed by atoms with Gasteiger partial charge in [0.1, 0.15) is 184 Å². The molecule has 80 heavy (non-hydrogen) atoms. The first-order valence-electron chi connectivity index (χ1n) is 25.5. The number of hydrogen-bond donors (Lipinski definition) is 20. The highest BCUT2D eigenvalue weighted by molar-refractivity contribution is 5.50. The van der Waals surface area contributed by atoms with E-state index >= 15 is 0 Å². The molecule has 15 saturated heterocycles. The molecule has 0 unspecified atom stereocenters. The summed E-state index contributed by atoms with van der Waals surface area (Å²) in [6.45, 7) is -8.17. The summed E-state index contributed by atoms with van der Waals surface area (Å²) in [6, 6.07) is 0. The van der Waals surface area contributed by atoms with Crippen LogP contribution in [0.4, 0.5) is 0 Å². The monoisotopic (exact) mass is 1180 g/mol. The van der Waals surface area contributed by atoms with Crippen molar-refractivity contribution in [1.29, 1.82) is 0 Å². The van der Waals surface area contributed by atoms with Crippen molar-refractivity contribution in [1.82, 2.24) is 0 Å². The van der Waals surface area contributed by atoms with Crippen LogP contribution in [-0.2, 0) is 75.8 Å². The minimum absolute atomic E-state index is 0.237. The van der Waals surface area contributed by atoms with Crippen LogP contribution in [0.15, 0.2) is 0 Å². The number of rotatable bonds is 10. The lowest BCUT2D eigenvalue weighted by atomic mass is 9.95. The van der Waals surface area contributed by atoms with Gasteiger partial charge in [-0.2, -0.15) is 0 Å². The summed E-state index contributed by atoms with van der Waals surface area (Å²) in [4.78, 5) is 11.6. The average Bonchev–Trinajstić information content (AvgIpc) is 3.54. The summed E-state index contributed by atoms with van der Waals surface area (Å²) in [7, 11) is 0. The van der Waals surface area contributed by atoms with Crippen molar-refractivity contribution < 1.29 is 178 Å². The third-order valence-electron chi connectivity index (χ3n) is 15.1. The van der Waals surface area contributed by atoms with Crippen molar-refractivity contribution in [3.05, 3.63) is 0 Å². The second-order valence-electron chi connectivity index (χ2n) is 20.1. The fourth-order valence-corrected chi connectivity index (χ4v) is 10.7. The van der Waals surface area contributed by atoms with E-state index < -0.39 is 268 Å². The Morgan fingerprint density at radius 3 is 0.613 bits per heavy atom. The molecule has 15 aliphatic rings. The van der Waals surface area contributed by atoms with Gasteiger partial charge in [-0.05, 0) is 0 Å². The predicted octanol–water partition coefficient (Wildman–Crippen LogP) is -15.0. The van der Waals surface area contributed by atoms with Crippen LogP contribution in [0.5, 0.6) is 0 Å². The van der Waals surface area contributed by atoms with Gasteiger partial charge in [-0.15, -0.1) is 0 Å². The zero-order valence-electron chi connectivity index (χ0n) is 41.9. The predicted molar refractivity (Wildman–Crippen MR) is 238 cm³/mol. The number of aldehydes is 1. The zero-order valence-corrected chi connectivity index (χ0v) is 41.9. The molecule has 15 aliphatic heterocycles. The summed E-state index contributed by atoms with van der Waals surface area (Å²) in [5, 5.41) is 221. The van der Waals surface area contributed by atoms with Crippen LogP contribution in [0.3, 0.4) is 0 Å². The lowest BCUT2D eigenvalue weighted by Crippen LogP contribution is -2.68. The van der Waals surface area contributed by atoms with Crippen LogP contribution < -0.4 is 0 Å². The summed E-state index contributed by atoms with van der Waals surface area (Å²) >= 11 is 0. The second-order valence-corrected chi connectivity index (χ2v) is 20.1. The fourth-order valence-electron chi connectivity index (χ4n) is 10.7. The van der Waals surface area contributed by atoms with Crippen molar-refractivity contribution in [2.75, 3.05) is 52.9 Å². The molecule has 0 saturated carbocycles. The number of carbonyl (C=O) groups is 1. The van der Waals surface area contributed by atoms with Crippen molar-refractivity contribution in [2.24, 2.45) is 0 Å². The van der Waals surface area contributed by atoms with Crippen molar-refractivity contribution in [3.8, 4) is 0 Å². The number of carbonyl (C=O) groups excluding carboxylic acids is 1. The minimum atomic E-state index is -2.22. The largest absolute Gasteiger partial charge is 0.394 e. The number of hydrogen-bond acceptors (Lipinski definition) is 36. The second kappa shape index (κ2) is 27.8. The summed E-state index contributed by atoms with van der Waals surface area (Å²) < 4.78 is 85.8. The minimum Gasteiger partial charge on any atom is -0.394 e. The summed E-state index contributed by atoms with van der Waals surface area (Å²) in [5.74, 6) is 0. The number of fused-ring (bicyclic) bond motifs is 7. The topological polar surface area (TPSA) is 560 Å². The Morgan fingerprint density at radius 1 is 0.250 bits per heavy atom. The van der Waals surface area contributed by atoms with E-state index in [4.69, 9.17) is 71.1 Å². The van der Waals surface area contributed by atoms with E-state index in [9.17, 15) is 107 Å². The highest BCUT2D eigenvalue weighted by atomic mass is 16.8. The van der Waals surface area contributed by atoms with Crippen LogP contribution in [0.1, 0.15) is 0 Å². The van der Waals surface area contributed by atoms with Crippen LogP contribution >= 0.6 is 0 Å². The molecule has 0 radical (unpaired) electrons. The summed E-state index contributed by atoms with van der Waals surface area (Å²) in [6.07, 6.45) is -69.8. The molecule has 0 spiro atoms. The molecule has 0 aromatic carbocycles. The lowest BCUT2D eigenvalue weighted by Gasteiger charge is -2.50. The van der Waals surface area contributed by atoms with Crippen LogP contribution in [0, 0.1) is 0 Å². The van der Waals surface area contributed by atoms with E-state index in [-0.39, 0.29) is 6.29 Å². The van der Waals surface area contributed by atoms with Crippen LogP contribution in [0.2, 0.25) is 0 Å². The first-order chi connectivity index (χ1) is 38.2. The number of aliphatic hydroxyl groups is 20. The number of ether oxygens (including phenoxy) is 15. The SMILES string of the molecule is O=CCO[C@H]1[C@H]2O[C@H]3[C@H](O)[C@@H](O)[C@@H](O[C@H]4[C@H](O)[C@@H](O)[C@@H](O[C@H]5[C@H](O)[C@@H](O)[C@@H](O[C@H]6[C@H](O)[C@@H](O)[C@@H](O[C@H]7[C@H](O)[C@@H](O)[C@@H](O[C@H]8[C@H](O)[C@@H](O)[C@@H](O[C@@H]([C@@H]1O)[C@@H](CO)O2)O[C@@H]8CO)O[C@@H]7CO)O[C@@H]6CO)O[C@@H]5CO)O[C@@H]4CO)O[C@@H]3CO. The molecule has 464 valence electrons. The highest BCUT2D eigenvalue weighted by Gasteiger charge is 2.60. The Balaban J connectivity index is 1.10. The molecule has 15 heterocycles. The Morgan fingerprint density at radius 2 is 0.425 bits per heavy atom. The Bertz CT molecular complexity index is 1910. The molecular weight excluding hydrogens is 1100 g/mol. The van der Waals surface area contributed by atoms with Gasteiger partial charge in [0.15, 0.2) is 44.0 Å². The number of aliphatic hydroxyl groups excluding tert-OH is 20. The van der Waals surface area contributed by atoms with Gasteiger partial charge < -0.3 is 178 Å². The molecule has 0 aliphatic carbocycles. The normalized spacial score (nSPS) is 53.7. The van der Waals surface area contributed by atoms with Gasteiger partial charge in [-0.3, -0.25) is 0 Å². The molecule has 35 atom stereocenters.